The molecule has 144 valence electrons. The van der Waals surface area contributed by atoms with Crippen molar-refractivity contribution in [2.24, 2.45) is 5.92 Å². The number of amides is 1. The molecular formula is C21H19FN2O4. The Labute approximate surface area is 160 Å². The van der Waals surface area contributed by atoms with Crippen LogP contribution in [0, 0.1) is 11.7 Å². The summed E-state index contributed by atoms with van der Waals surface area (Å²) in [4.78, 5) is 30.7. The monoisotopic (exact) mass is 382 g/mol. The lowest BCUT2D eigenvalue weighted by Gasteiger charge is -2.30. The molecule has 1 aromatic heterocycles. The second-order valence-electron chi connectivity index (χ2n) is 6.76. The van der Waals surface area contributed by atoms with E-state index >= 15 is 0 Å². The predicted octanol–water partition coefficient (Wildman–Crippen LogP) is 3.56. The minimum Gasteiger partial charge on any atom is -0.455 e. The number of piperidine rings is 1. The third kappa shape index (κ3) is 3.88. The molecule has 0 saturated carbocycles. The fourth-order valence-electron chi connectivity index (χ4n) is 3.33. The van der Waals surface area contributed by atoms with E-state index in [1.807, 2.05) is 24.3 Å². The number of ether oxygens (including phenoxy) is 1. The van der Waals surface area contributed by atoms with Crippen molar-refractivity contribution in [3.8, 4) is 0 Å². The van der Waals surface area contributed by atoms with Gasteiger partial charge in [-0.05, 0) is 49.2 Å². The second-order valence-corrected chi connectivity index (χ2v) is 6.76. The van der Waals surface area contributed by atoms with Gasteiger partial charge in [-0.1, -0.05) is 12.1 Å². The van der Waals surface area contributed by atoms with Crippen molar-refractivity contribution in [2.75, 3.05) is 13.1 Å². The Balaban J connectivity index is 1.28. The summed E-state index contributed by atoms with van der Waals surface area (Å²) >= 11 is 0. The highest BCUT2D eigenvalue weighted by atomic mass is 19.1. The van der Waals surface area contributed by atoms with Gasteiger partial charge in [0, 0.05) is 18.7 Å². The lowest BCUT2D eigenvalue weighted by atomic mass is 9.96. The summed E-state index contributed by atoms with van der Waals surface area (Å²) in [5.41, 5.74) is 1.82. The Hall–Kier alpha value is -3.22. The van der Waals surface area contributed by atoms with Crippen molar-refractivity contribution in [3.63, 3.8) is 0 Å². The van der Waals surface area contributed by atoms with E-state index in [4.69, 9.17) is 9.15 Å². The summed E-state index contributed by atoms with van der Waals surface area (Å²) in [6, 6.07) is 12.8. The lowest BCUT2D eigenvalue weighted by molar-refractivity contribution is -0.152. The summed E-state index contributed by atoms with van der Waals surface area (Å²) in [7, 11) is 0. The fraction of sp³-hybridized carbons (Fsp3) is 0.286. The first-order valence-corrected chi connectivity index (χ1v) is 9.16. The number of para-hydroxylation sites is 2. The normalized spacial score (nSPS) is 15.0. The van der Waals surface area contributed by atoms with Crippen molar-refractivity contribution < 1.29 is 23.1 Å². The van der Waals surface area contributed by atoms with Gasteiger partial charge in [-0.15, -0.1) is 0 Å². The Kier molecular flexibility index (Phi) is 5.06. The number of nitrogens with zero attached hydrogens (tertiary/aromatic N) is 2. The van der Waals surface area contributed by atoms with E-state index in [0.29, 0.717) is 43.0 Å². The van der Waals surface area contributed by atoms with Crippen LogP contribution in [0.15, 0.2) is 52.9 Å². The number of carbonyl (C=O) groups excluding carboxylic acids is 2. The van der Waals surface area contributed by atoms with Gasteiger partial charge in [0.25, 0.3) is 5.91 Å². The Bertz CT molecular complexity index is 958. The van der Waals surface area contributed by atoms with Gasteiger partial charge in [-0.3, -0.25) is 9.59 Å². The van der Waals surface area contributed by atoms with Crippen molar-refractivity contribution in [2.45, 2.75) is 19.4 Å². The molecule has 1 aliphatic rings. The minimum atomic E-state index is -0.378. The highest BCUT2D eigenvalue weighted by molar-refractivity contribution is 5.94. The Morgan fingerprint density at radius 3 is 2.54 bits per heavy atom. The first-order chi connectivity index (χ1) is 13.6. The van der Waals surface area contributed by atoms with Gasteiger partial charge in [-0.25, -0.2) is 9.37 Å². The van der Waals surface area contributed by atoms with E-state index in [9.17, 15) is 14.0 Å². The van der Waals surface area contributed by atoms with Crippen LogP contribution in [0.1, 0.15) is 29.1 Å². The number of hydrogen-bond acceptors (Lipinski definition) is 5. The highest BCUT2D eigenvalue weighted by Crippen LogP contribution is 2.22. The minimum absolute atomic E-state index is 0.0117. The summed E-state index contributed by atoms with van der Waals surface area (Å²) in [5, 5.41) is 0. The van der Waals surface area contributed by atoms with E-state index in [1.54, 1.807) is 4.90 Å². The SMILES string of the molecule is O=C(OCc1nc2ccccc2o1)C1CCN(C(=O)c2ccc(F)cc2)CC1. The molecule has 2 aromatic carbocycles. The molecule has 0 unspecified atom stereocenters. The van der Waals surface area contributed by atoms with Crippen LogP contribution in [0.2, 0.25) is 0 Å². The molecule has 28 heavy (non-hydrogen) atoms. The number of benzene rings is 2. The average molecular weight is 382 g/mol. The van der Waals surface area contributed by atoms with Crippen LogP contribution in [-0.4, -0.2) is 34.8 Å². The molecule has 0 N–H and O–H groups in total. The van der Waals surface area contributed by atoms with Crippen LogP contribution in [-0.2, 0) is 16.1 Å². The molecule has 0 bridgehead atoms. The highest BCUT2D eigenvalue weighted by Gasteiger charge is 2.29. The molecule has 1 aliphatic heterocycles. The molecule has 4 rings (SSSR count). The maximum atomic E-state index is 13.0. The number of fused-ring (bicyclic) bond motifs is 1. The summed E-state index contributed by atoms with van der Waals surface area (Å²) in [5.74, 6) is -0.744. The number of carbonyl (C=O) groups is 2. The van der Waals surface area contributed by atoms with Crippen LogP contribution >= 0.6 is 0 Å². The number of likely N-dealkylation sites (tertiary alicyclic amines) is 1. The topological polar surface area (TPSA) is 72.6 Å². The molecule has 1 fully saturated rings. The predicted molar refractivity (Wildman–Crippen MR) is 98.8 cm³/mol. The quantitative estimate of drug-likeness (QED) is 0.645. The van der Waals surface area contributed by atoms with Crippen molar-refractivity contribution in [1.29, 1.82) is 0 Å². The van der Waals surface area contributed by atoms with Gasteiger partial charge in [0.1, 0.15) is 11.3 Å². The van der Waals surface area contributed by atoms with Gasteiger partial charge in [0.15, 0.2) is 12.2 Å². The van der Waals surface area contributed by atoms with E-state index in [0.717, 1.165) is 5.52 Å². The maximum Gasteiger partial charge on any atom is 0.309 e. The number of rotatable bonds is 4. The molecule has 0 spiro atoms. The van der Waals surface area contributed by atoms with Gasteiger partial charge >= 0.3 is 5.97 Å². The van der Waals surface area contributed by atoms with Gasteiger partial charge in [-0.2, -0.15) is 0 Å². The first-order valence-electron chi connectivity index (χ1n) is 9.16. The molecule has 7 heteroatoms. The zero-order chi connectivity index (χ0) is 19.5. The van der Waals surface area contributed by atoms with Crippen LogP contribution < -0.4 is 0 Å². The van der Waals surface area contributed by atoms with Crippen LogP contribution in [0.5, 0.6) is 0 Å². The van der Waals surface area contributed by atoms with Crippen LogP contribution in [0.3, 0.4) is 0 Å². The third-order valence-electron chi connectivity index (χ3n) is 4.88. The molecule has 1 amide bonds. The van der Waals surface area contributed by atoms with E-state index in [1.165, 1.54) is 24.3 Å². The lowest BCUT2D eigenvalue weighted by Crippen LogP contribution is -2.40. The van der Waals surface area contributed by atoms with Crippen LogP contribution in [0.4, 0.5) is 4.39 Å². The molecule has 0 atom stereocenters. The molecule has 2 heterocycles. The first kappa shape index (κ1) is 18.2. The fourth-order valence-corrected chi connectivity index (χ4v) is 3.33. The zero-order valence-corrected chi connectivity index (χ0v) is 15.1. The van der Waals surface area contributed by atoms with Gasteiger partial charge in [0.2, 0.25) is 5.89 Å². The number of esters is 1. The smallest absolute Gasteiger partial charge is 0.309 e. The number of aromatic nitrogens is 1. The summed E-state index contributed by atoms with van der Waals surface area (Å²) in [6.45, 7) is 0.903. The summed E-state index contributed by atoms with van der Waals surface area (Å²) < 4.78 is 23.9. The number of halogens is 1. The van der Waals surface area contributed by atoms with Gasteiger partial charge in [0.05, 0.1) is 5.92 Å². The second kappa shape index (κ2) is 7.80. The summed E-state index contributed by atoms with van der Waals surface area (Å²) in [6.07, 6.45) is 1.05. The van der Waals surface area contributed by atoms with Crippen molar-refractivity contribution in [3.05, 3.63) is 65.8 Å². The number of oxazole rings is 1. The molecule has 0 aliphatic carbocycles. The standard InChI is InChI=1S/C21H19FN2O4/c22-16-7-5-14(6-8-16)20(25)24-11-9-15(10-12-24)21(26)27-13-19-23-17-3-1-2-4-18(17)28-19/h1-8,15H,9-13H2. The zero-order valence-electron chi connectivity index (χ0n) is 15.1. The van der Waals surface area contributed by atoms with Crippen molar-refractivity contribution >= 4 is 23.0 Å². The molecule has 6 nitrogen and oxygen atoms in total. The number of hydrogen-bond donors (Lipinski definition) is 0. The van der Waals surface area contributed by atoms with Gasteiger partial charge < -0.3 is 14.1 Å². The third-order valence-corrected chi connectivity index (χ3v) is 4.88. The van der Waals surface area contributed by atoms with E-state index in [-0.39, 0.29) is 30.2 Å². The molecule has 0 radical (unpaired) electrons. The Morgan fingerprint density at radius 1 is 1.11 bits per heavy atom. The van der Waals surface area contributed by atoms with Crippen LogP contribution in [0.25, 0.3) is 11.1 Å². The molecular weight excluding hydrogens is 363 g/mol. The van der Waals surface area contributed by atoms with Crippen molar-refractivity contribution in [1.82, 2.24) is 9.88 Å². The molecule has 1 saturated heterocycles. The largest absolute Gasteiger partial charge is 0.455 e. The van der Waals surface area contributed by atoms with E-state index in [2.05, 4.69) is 4.98 Å². The molecule has 3 aromatic rings. The average Bonchev–Trinajstić information content (AvgIpc) is 3.15. The maximum absolute atomic E-state index is 13.0. The Morgan fingerprint density at radius 2 is 1.82 bits per heavy atom. The van der Waals surface area contributed by atoms with E-state index < -0.39 is 0 Å².